The van der Waals surface area contributed by atoms with Crippen LogP contribution in [0.5, 0.6) is 0 Å². The summed E-state index contributed by atoms with van der Waals surface area (Å²) in [6.07, 6.45) is 6.49. The zero-order valence-electron chi connectivity index (χ0n) is 9.43. The predicted molar refractivity (Wildman–Crippen MR) is 60.2 cm³/mol. The molecule has 5 nitrogen and oxygen atoms in total. The van der Waals surface area contributed by atoms with E-state index in [1.165, 1.54) is 0 Å². The minimum atomic E-state index is -0.916. The lowest BCUT2D eigenvalue weighted by Crippen LogP contribution is -2.18. The Balaban J connectivity index is 1.99. The number of ether oxygens (including phenoxy) is 1. The van der Waals surface area contributed by atoms with E-state index >= 15 is 0 Å². The molecule has 2 heterocycles. The largest absolute Gasteiger partial charge is 0.481 e. The van der Waals surface area contributed by atoms with Gasteiger partial charge in [0.1, 0.15) is 12.6 Å². The quantitative estimate of drug-likeness (QED) is 0.786. The van der Waals surface area contributed by atoms with Crippen LogP contribution < -0.4 is 0 Å². The van der Waals surface area contributed by atoms with E-state index in [2.05, 4.69) is 16.9 Å². The number of aromatic nitrogens is 2. The van der Waals surface area contributed by atoms with Crippen LogP contribution in [0.4, 0.5) is 0 Å². The third-order valence-electron chi connectivity index (χ3n) is 2.52. The summed E-state index contributed by atoms with van der Waals surface area (Å²) in [6, 6.07) is 0. The van der Waals surface area contributed by atoms with Crippen molar-refractivity contribution in [3.8, 4) is 11.8 Å². The van der Waals surface area contributed by atoms with Gasteiger partial charge in [0.2, 0.25) is 0 Å². The Morgan fingerprint density at radius 3 is 3.24 bits per heavy atom. The molecular weight excluding hydrogens is 220 g/mol. The van der Waals surface area contributed by atoms with Crippen molar-refractivity contribution in [2.75, 3.05) is 6.61 Å². The number of carboxylic acid groups (broad SMARTS) is 1. The van der Waals surface area contributed by atoms with Crippen molar-refractivity contribution >= 4 is 5.97 Å². The van der Waals surface area contributed by atoms with Gasteiger partial charge in [-0.2, -0.15) is 5.10 Å². The van der Waals surface area contributed by atoms with Gasteiger partial charge in [0, 0.05) is 12.8 Å². The molecule has 1 aliphatic heterocycles. The van der Waals surface area contributed by atoms with E-state index in [1.54, 1.807) is 17.1 Å². The minimum absolute atomic E-state index is 0.00114. The molecule has 90 valence electrons. The smallest absolute Gasteiger partial charge is 0.315 e. The summed E-state index contributed by atoms with van der Waals surface area (Å²) in [5, 5.41) is 12.6. The highest BCUT2D eigenvalue weighted by molar-refractivity contribution is 5.70. The van der Waals surface area contributed by atoms with E-state index in [9.17, 15) is 4.79 Å². The maximum atomic E-state index is 10.3. The van der Waals surface area contributed by atoms with Gasteiger partial charge >= 0.3 is 5.97 Å². The summed E-state index contributed by atoms with van der Waals surface area (Å²) in [7, 11) is 0. The van der Waals surface area contributed by atoms with Gasteiger partial charge in [-0.05, 0) is 19.3 Å². The Kier molecular flexibility index (Phi) is 3.78. The van der Waals surface area contributed by atoms with Crippen LogP contribution in [0.3, 0.4) is 0 Å². The van der Waals surface area contributed by atoms with Crippen LogP contribution in [0, 0.1) is 11.8 Å². The van der Waals surface area contributed by atoms with E-state index < -0.39 is 5.97 Å². The lowest BCUT2D eigenvalue weighted by molar-refractivity contribution is -0.135. The van der Waals surface area contributed by atoms with Crippen molar-refractivity contribution in [2.45, 2.75) is 31.9 Å². The average Bonchev–Trinajstić information content (AvgIpc) is 2.78. The molecule has 0 radical (unpaired) electrons. The van der Waals surface area contributed by atoms with Gasteiger partial charge in [0.15, 0.2) is 0 Å². The first-order chi connectivity index (χ1) is 8.25. The van der Waals surface area contributed by atoms with Crippen molar-refractivity contribution in [1.82, 2.24) is 9.78 Å². The number of hydrogen-bond donors (Lipinski definition) is 1. The van der Waals surface area contributed by atoms with Crippen LogP contribution in [0.2, 0.25) is 0 Å². The van der Waals surface area contributed by atoms with E-state index in [0.29, 0.717) is 0 Å². The Bertz CT molecular complexity index is 450. The Labute approximate surface area is 99.4 Å². The topological polar surface area (TPSA) is 64.3 Å². The fraction of sp³-hybridized carbons (Fsp3) is 0.500. The maximum Gasteiger partial charge on any atom is 0.315 e. The highest BCUT2D eigenvalue weighted by Gasteiger charge is 2.15. The van der Waals surface area contributed by atoms with Gasteiger partial charge in [0.05, 0.1) is 11.8 Å². The molecule has 1 atom stereocenters. The van der Waals surface area contributed by atoms with Crippen molar-refractivity contribution in [3.63, 3.8) is 0 Å². The first-order valence-corrected chi connectivity index (χ1v) is 5.62. The molecule has 1 aromatic rings. The summed E-state index contributed by atoms with van der Waals surface area (Å²) in [5.41, 5.74) is 0.723. The molecule has 0 amide bonds. The molecule has 1 aliphatic rings. The van der Waals surface area contributed by atoms with Crippen LogP contribution in [0.1, 0.15) is 37.5 Å². The number of hydrogen-bond acceptors (Lipinski definition) is 3. The molecule has 1 saturated heterocycles. The highest BCUT2D eigenvalue weighted by Crippen LogP contribution is 2.21. The normalized spacial score (nSPS) is 19.4. The summed E-state index contributed by atoms with van der Waals surface area (Å²) in [4.78, 5) is 10.3. The Hall–Kier alpha value is -1.80. The second-order valence-corrected chi connectivity index (χ2v) is 3.90. The molecule has 0 saturated carbocycles. The molecule has 1 fully saturated rings. The number of carbonyl (C=O) groups is 1. The SMILES string of the molecule is O=C(O)CC#Cc1cnn([C@@H]2CCCCO2)c1. The fourth-order valence-corrected chi connectivity index (χ4v) is 1.71. The average molecular weight is 234 g/mol. The van der Waals surface area contributed by atoms with E-state index in [0.717, 1.165) is 31.4 Å². The van der Waals surface area contributed by atoms with Gasteiger partial charge in [-0.3, -0.25) is 4.79 Å². The van der Waals surface area contributed by atoms with Gasteiger partial charge in [-0.15, -0.1) is 0 Å². The van der Waals surface area contributed by atoms with E-state index in [4.69, 9.17) is 9.84 Å². The molecule has 5 heteroatoms. The monoisotopic (exact) mass is 234 g/mol. The third-order valence-corrected chi connectivity index (χ3v) is 2.52. The van der Waals surface area contributed by atoms with Crippen LogP contribution in [-0.4, -0.2) is 27.5 Å². The Morgan fingerprint density at radius 1 is 1.65 bits per heavy atom. The summed E-state index contributed by atoms with van der Waals surface area (Å²) in [6.45, 7) is 0.768. The van der Waals surface area contributed by atoms with Crippen LogP contribution in [0.15, 0.2) is 12.4 Å². The second kappa shape index (κ2) is 5.51. The van der Waals surface area contributed by atoms with Crippen molar-refractivity contribution < 1.29 is 14.6 Å². The van der Waals surface area contributed by atoms with Gasteiger partial charge in [-0.1, -0.05) is 11.8 Å². The molecule has 1 N–H and O–H groups in total. The molecule has 2 rings (SSSR count). The van der Waals surface area contributed by atoms with Gasteiger partial charge in [0.25, 0.3) is 0 Å². The fourth-order valence-electron chi connectivity index (χ4n) is 1.71. The highest BCUT2D eigenvalue weighted by atomic mass is 16.5. The maximum absolute atomic E-state index is 10.3. The molecule has 0 aromatic carbocycles. The van der Waals surface area contributed by atoms with E-state index in [1.807, 2.05) is 0 Å². The van der Waals surface area contributed by atoms with Crippen molar-refractivity contribution in [2.24, 2.45) is 0 Å². The summed E-state index contributed by atoms with van der Waals surface area (Å²) < 4.78 is 7.33. The minimum Gasteiger partial charge on any atom is -0.481 e. The summed E-state index contributed by atoms with van der Waals surface area (Å²) >= 11 is 0. The van der Waals surface area contributed by atoms with Crippen molar-refractivity contribution in [1.29, 1.82) is 0 Å². The molecule has 1 aromatic heterocycles. The predicted octanol–water partition coefficient (Wildman–Crippen LogP) is 1.41. The summed E-state index contributed by atoms with van der Waals surface area (Å²) in [5.74, 6) is 4.42. The number of carboxylic acids is 1. The number of aliphatic carboxylic acids is 1. The first-order valence-electron chi connectivity index (χ1n) is 5.62. The number of nitrogens with zero attached hydrogens (tertiary/aromatic N) is 2. The molecular formula is C12H14N2O3. The molecule has 0 aliphatic carbocycles. The molecule has 0 bridgehead atoms. The van der Waals surface area contributed by atoms with Gasteiger partial charge < -0.3 is 9.84 Å². The zero-order chi connectivity index (χ0) is 12.1. The van der Waals surface area contributed by atoms with Crippen LogP contribution in [0.25, 0.3) is 0 Å². The van der Waals surface area contributed by atoms with Crippen molar-refractivity contribution in [3.05, 3.63) is 18.0 Å². The second-order valence-electron chi connectivity index (χ2n) is 3.90. The zero-order valence-corrected chi connectivity index (χ0v) is 9.43. The lowest BCUT2D eigenvalue weighted by atomic mass is 10.2. The van der Waals surface area contributed by atoms with Crippen LogP contribution in [-0.2, 0) is 9.53 Å². The third kappa shape index (κ3) is 3.33. The van der Waals surface area contributed by atoms with E-state index in [-0.39, 0.29) is 12.6 Å². The lowest BCUT2D eigenvalue weighted by Gasteiger charge is -2.22. The molecule has 17 heavy (non-hydrogen) atoms. The molecule has 0 spiro atoms. The van der Waals surface area contributed by atoms with Crippen LogP contribution >= 0.6 is 0 Å². The first kappa shape index (κ1) is 11.7. The standard InChI is InChI=1S/C12H14N2O3/c15-12(16)6-3-4-10-8-13-14(9-10)11-5-1-2-7-17-11/h8-9,11H,1-2,5-7H2,(H,15,16)/t11-/m0/s1. The number of rotatable bonds is 2. The Morgan fingerprint density at radius 2 is 2.53 bits per heavy atom. The molecule has 0 unspecified atom stereocenters. The van der Waals surface area contributed by atoms with Gasteiger partial charge in [-0.25, -0.2) is 4.68 Å².